The van der Waals surface area contributed by atoms with Crippen LogP contribution in [0.4, 0.5) is 0 Å². The third kappa shape index (κ3) is 2.94. The summed E-state index contributed by atoms with van der Waals surface area (Å²) in [5.41, 5.74) is 2.33. The van der Waals surface area contributed by atoms with Gasteiger partial charge in [0.1, 0.15) is 0 Å². The van der Waals surface area contributed by atoms with E-state index in [4.69, 9.17) is 0 Å². The number of para-hydroxylation sites is 1. The molecule has 0 amide bonds. The van der Waals surface area contributed by atoms with Gasteiger partial charge in [0.15, 0.2) is 0 Å². The van der Waals surface area contributed by atoms with E-state index < -0.39 is 0 Å². The molecule has 0 saturated heterocycles. The molecule has 96 valence electrons. The van der Waals surface area contributed by atoms with Crippen molar-refractivity contribution >= 4 is 11.8 Å². The predicted molar refractivity (Wildman–Crippen MR) is 78.4 cm³/mol. The van der Waals surface area contributed by atoms with Crippen LogP contribution in [0.5, 0.6) is 0 Å². The van der Waals surface area contributed by atoms with Gasteiger partial charge in [-0.15, -0.1) is 0 Å². The highest BCUT2D eigenvalue weighted by atomic mass is 32.2. The Kier molecular flexibility index (Phi) is 4.84. The van der Waals surface area contributed by atoms with Gasteiger partial charge in [-0.1, -0.05) is 25.1 Å². The van der Waals surface area contributed by atoms with Crippen molar-refractivity contribution in [3.05, 3.63) is 48.3 Å². The third-order valence-corrected chi connectivity index (χ3v) is 3.48. The molecule has 0 radical (unpaired) electrons. The minimum Gasteiger partial charge on any atom is -0.308 e. The van der Waals surface area contributed by atoms with Gasteiger partial charge in [0.2, 0.25) is 0 Å². The summed E-state index contributed by atoms with van der Waals surface area (Å²) >= 11 is 1.85. The Morgan fingerprint density at radius 1 is 1.28 bits per heavy atom. The van der Waals surface area contributed by atoms with Gasteiger partial charge in [-0.25, -0.2) is 4.68 Å². The molecule has 1 N–H and O–H groups in total. The molecule has 2 aromatic rings. The Balaban J connectivity index is 2.31. The highest BCUT2D eigenvalue weighted by Gasteiger charge is 2.15. The molecule has 1 unspecified atom stereocenters. The second kappa shape index (κ2) is 6.61. The Morgan fingerprint density at radius 3 is 2.72 bits per heavy atom. The van der Waals surface area contributed by atoms with Gasteiger partial charge in [-0.05, 0) is 31.0 Å². The van der Waals surface area contributed by atoms with Gasteiger partial charge in [-0.3, -0.25) is 0 Å². The number of hydrogen-bond acceptors (Lipinski definition) is 3. The predicted octanol–water partition coefficient (Wildman–Crippen LogP) is 2.89. The van der Waals surface area contributed by atoms with Gasteiger partial charge in [0.05, 0.1) is 17.4 Å². The smallest absolute Gasteiger partial charge is 0.0649 e. The molecule has 1 aromatic carbocycles. The van der Waals surface area contributed by atoms with E-state index in [1.165, 1.54) is 5.69 Å². The fourth-order valence-electron chi connectivity index (χ4n) is 2.02. The summed E-state index contributed by atoms with van der Waals surface area (Å²) in [6.07, 6.45) is 4.00. The van der Waals surface area contributed by atoms with Crippen LogP contribution < -0.4 is 5.32 Å². The number of thioether (sulfide) groups is 1. The van der Waals surface area contributed by atoms with Crippen molar-refractivity contribution in [1.82, 2.24) is 15.1 Å². The molecule has 0 aliphatic carbocycles. The summed E-state index contributed by atoms with van der Waals surface area (Å²) in [5.74, 6) is 1.05. The Labute approximate surface area is 113 Å². The quantitative estimate of drug-likeness (QED) is 0.867. The summed E-state index contributed by atoms with van der Waals surface area (Å²) in [6.45, 7) is 3.10. The molecule has 2 rings (SSSR count). The normalized spacial score (nSPS) is 12.6. The van der Waals surface area contributed by atoms with Crippen molar-refractivity contribution < 1.29 is 0 Å². The van der Waals surface area contributed by atoms with E-state index in [-0.39, 0.29) is 0 Å². The van der Waals surface area contributed by atoms with E-state index >= 15 is 0 Å². The van der Waals surface area contributed by atoms with Gasteiger partial charge in [-0.2, -0.15) is 16.9 Å². The van der Waals surface area contributed by atoms with Crippen LogP contribution >= 0.6 is 11.8 Å². The van der Waals surface area contributed by atoms with E-state index in [1.54, 1.807) is 0 Å². The third-order valence-electron chi connectivity index (χ3n) is 2.81. The Hall–Kier alpha value is -1.26. The standard InChI is InChI=1S/C14H19N3S/c1-3-15-13(11-18-2)14-9-10-16-17(14)12-7-5-4-6-8-12/h4-10,13,15H,3,11H2,1-2H3. The zero-order valence-corrected chi connectivity index (χ0v) is 11.7. The fourth-order valence-corrected chi connectivity index (χ4v) is 2.65. The largest absolute Gasteiger partial charge is 0.308 e. The Morgan fingerprint density at radius 2 is 2.06 bits per heavy atom. The molecule has 4 heteroatoms. The van der Waals surface area contributed by atoms with E-state index in [0.29, 0.717) is 6.04 Å². The zero-order chi connectivity index (χ0) is 12.8. The molecule has 3 nitrogen and oxygen atoms in total. The van der Waals surface area contributed by atoms with E-state index in [9.17, 15) is 0 Å². The van der Waals surface area contributed by atoms with Crippen LogP contribution in [0.25, 0.3) is 5.69 Å². The zero-order valence-electron chi connectivity index (χ0n) is 10.8. The first-order valence-corrected chi connectivity index (χ1v) is 7.58. The number of rotatable bonds is 6. The monoisotopic (exact) mass is 261 g/mol. The average Bonchev–Trinajstić information content (AvgIpc) is 2.88. The molecule has 0 fully saturated rings. The minimum atomic E-state index is 0.340. The molecule has 0 aliphatic heterocycles. The van der Waals surface area contributed by atoms with Crippen LogP contribution in [0.1, 0.15) is 18.7 Å². The lowest BCUT2D eigenvalue weighted by molar-refractivity contribution is 0.571. The lowest BCUT2D eigenvalue weighted by atomic mass is 10.2. The lowest BCUT2D eigenvalue weighted by Crippen LogP contribution is -2.25. The van der Waals surface area contributed by atoms with Gasteiger partial charge < -0.3 is 5.32 Å². The molecule has 1 aromatic heterocycles. The number of nitrogens with one attached hydrogen (secondary N) is 1. The lowest BCUT2D eigenvalue weighted by Gasteiger charge is -2.18. The van der Waals surface area contributed by atoms with Crippen LogP contribution in [0, 0.1) is 0 Å². The molecule has 1 heterocycles. The molecule has 0 bridgehead atoms. The van der Waals surface area contributed by atoms with Crippen LogP contribution in [0.2, 0.25) is 0 Å². The molecule has 0 saturated carbocycles. The fraction of sp³-hybridized carbons (Fsp3) is 0.357. The summed E-state index contributed by atoms with van der Waals surface area (Å²) < 4.78 is 2.02. The van der Waals surface area contributed by atoms with Crippen molar-refractivity contribution in [2.45, 2.75) is 13.0 Å². The van der Waals surface area contributed by atoms with Crippen LogP contribution in [0.15, 0.2) is 42.6 Å². The summed E-state index contributed by atoms with van der Waals surface area (Å²) in [4.78, 5) is 0. The molecular weight excluding hydrogens is 242 g/mol. The van der Waals surface area contributed by atoms with E-state index in [2.05, 4.69) is 41.8 Å². The maximum Gasteiger partial charge on any atom is 0.0649 e. The van der Waals surface area contributed by atoms with Crippen LogP contribution in [-0.2, 0) is 0 Å². The van der Waals surface area contributed by atoms with Crippen molar-refractivity contribution in [1.29, 1.82) is 0 Å². The highest BCUT2D eigenvalue weighted by molar-refractivity contribution is 7.98. The van der Waals surface area contributed by atoms with E-state index in [0.717, 1.165) is 18.0 Å². The first-order chi connectivity index (χ1) is 8.86. The van der Waals surface area contributed by atoms with Gasteiger partial charge >= 0.3 is 0 Å². The first-order valence-electron chi connectivity index (χ1n) is 6.18. The number of nitrogens with zero attached hydrogens (tertiary/aromatic N) is 2. The first kappa shape index (κ1) is 13.2. The maximum absolute atomic E-state index is 4.44. The SMILES string of the molecule is CCNC(CSC)c1ccnn1-c1ccccc1. The van der Waals surface area contributed by atoms with E-state index in [1.807, 2.05) is 40.8 Å². The maximum atomic E-state index is 4.44. The minimum absolute atomic E-state index is 0.340. The molecule has 0 aliphatic rings. The number of aromatic nitrogens is 2. The summed E-state index contributed by atoms with van der Waals surface area (Å²) in [6, 6.07) is 12.7. The van der Waals surface area contributed by atoms with Gasteiger partial charge in [0, 0.05) is 11.9 Å². The second-order valence-electron chi connectivity index (χ2n) is 4.07. The number of hydrogen-bond donors (Lipinski definition) is 1. The van der Waals surface area contributed by atoms with Crippen molar-refractivity contribution in [3.8, 4) is 5.69 Å². The topological polar surface area (TPSA) is 29.9 Å². The van der Waals surface area contributed by atoms with Crippen molar-refractivity contribution in [3.63, 3.8) is 0 Å². The van der Waals surface area contributed by atoms with Crippen LogP contribution in [0.3, 0.4) is 0 Å². The average molecular weight is 261 g/mol. The number of benzene rings is 1. The second-order valence-corrected chi connectivity index (χ2v) is 4.98. The van der Waals surface area contributed by atoms with Gasteiger partial charge in [0.25, 0.3) is 0 Å². The highest BCUT2D eigenvalue weighted by Crippen LogP contribution is 2.20. The molecular formula is C14H19N3S. The molecule has 18 heavy (non-hydrogen) atoms. The van der Waals surface area contributed by atoms with Crippen LogP contribution in [-0.4, -0.2) is 28.3 Å². The molecule has 1 atom stereocenters. The summed E-state index contributed by atoms with van der Waals surface area (Å²) in [5, 5.41) is 7.95. The Bertz CT molecular complexity index is 461. The van der Waals surface area contributed by atoms with Crippen molar-refractivity contribution in [2.24, 2.45) is 0 Å². The van der Waals surface area contributed by atoms with Crippen molar-refractivity contribution in [2.75, 3.05) is 18.6 Å². The molecule has 0 spiro atoms. The summed E-state index contributed by atoms with van der Waals surface area (Å²) in [7, 11) is 0.